The summed E-state index contributed by atoms with van der Waals surface area (Å²) in [7, 11) is 1.58. The zero-order chi connectivity index (χ0) is 11.0. The van der Waals surface area contributed by atoms with Crippen molar-refractivity contribution in [2.24, 2.45) is 0 Å². The van der Waals surface area contributed by atoms with Crippen LogP contribution in [-0.2, 0) is 0 Å². The van der Waals surface area contributed by atoms with E-state index in [1.165, 1.54) is 18.3 Å². The van der Waals surface area contributed by atoms with E-state index < -0.39 is 0 Å². The molecule has 0 radical (unpaired) electrons. The van der Waals surface area contributed by atoms with Crippen LogP contribution in [0.3, 0.4) is 0 Å². The lowest BCUT2D eigenvalue weighted by atomic mass is 10.2. The molecule has 2 aromatic rings. The molecular formula is C11H10O3S. The van der Waals surface area contributed by atoms with Crippen LogP contribution in [0.15, 0.2) is 18.2 Å². The number of carbonyl (C=O) groups excluding carboxylic acids is 1. The van der Waals surface area contributed by atoms with Gasteiger partial charge in [0.2, 0.25) is 0 Å². The molecule has 3 nitrogen and oxygen atoms in total. The first kappa shape index (κ1) is 9.98. The van der Waals surface area contributed by atoms with Crippen molar-refractivity contribution in [1.82, 2.24) is 0 Å². The summed E-state index contributed by atoms with van der Waals surface area (Å²) in [6.07, 6.45) is 0. The second-order valence-corrected chi connectivity index (χ2v) is 4.25. The minimum absolute atomic E-state index is 0.0742. The van der Waals surface area contributed by atoms with Gasteiger partial charge >= 0.3 is 0 Å². The minimum Gasteiger partial charge on any atom is -0.506 e. The van der Waals surface area contributed by atoms with Gasteiger partial charge in [0.1, 0.15) is 16.4 Å². The molecule has 0 aliphatic carbocycles. The number of hydrogen-bond acceptors (Lipinski definition) is 4. The fourth-order valence-electron chi connectivity index (χ4n) is 1.43. The highest BCUT2D eigenvalue weighted by atomic mass is 32.1. The van der Waals surface area contributed by atoms with Gasteiger partial charge in [0.15, 0.2) is 5.78 Å². The number of Topliss-reactive ketones (excluding diaryl/α,β-unsaturated/α-hetero) is 1. The lowest BCUT2D eigenvalue weighted by Gasteiger charge is -1.97. The van der Waals surface area contributed by atoms with Gasteiger partial charge < -0.3 is 9.84 Å². The van der Waals surface area contributed by atoms with Gasteiger partial charge in [-0.1, -0.05) is 0 Å². The number of rotatable bonds is 2. The van der Waals surface area contributed by atoms with E-state index in [2.05, 4.69) is 0 Å². The molecule has 1 N–H and O–H groups in total. The number of methoxy groups -OCH3 is 1. The van der Waals surface area contributed by atoms with Crippen molar-refractivity contribution in [1.29, 1.82) is 0 Å². The lowest BCUT2D eigenvalue weighted by Crippen LogP contribution is -1.85. The molecule has 0 fully saturated rings. The van der Waals surface area contributed by atoms with Gasteiger partial charge in [0, 0.05) is 17.0 Å². The van der Waals surface area contributed by atoms with Crippen molar-refractivity contribution in [3.8, 4) is 11.5 Å². The smallest absolute Gasteiger partial charge is 0.173 e. The number of carbonyl (C=O) groups is 1. The van der Waals surface area contributed by atoms with Crippen LogP contribution in [-0.4, -0.2) is 18.0 Å². The Morgan fingerprint density at radius 3 is 2.80 bits per heavy atom. The Balaban J connectivity index is 2.70. The van der Waals surface area contributed by atoms with Crippen LogP contribution in [0.5, 0.6) is 11.5 Å². The van der Waals surface area contributed by atoms with Crippen molar-refractivity contribution >= 4 is 27.2 Å². The topological polar surface area (TPSA) is 46.5 Å². The van der Waals surface area contributed by atoms with Crippen molar-refractivity contribution in [2.75, 3.05) is 7.11 Å². The Hall–Kier alpha value is -1.55. The molecular weight excluding hydrogens is 212 g/mol. The maximum absolute atomic E-state index is 11.2. The van der Waals surface area contributed by atoms with E-state index in [1.807, 2.05) is 6.07 Å². The molecule has 0 aliphatic rings. The Morgan fingerprint density at radius 2 is 2.20 bits per heavy atom. The Labute approximate surface area is 90.9 Å². The summed E-state index contributed by atoms with van der Waals surface area (Å²) in [5.41, 5.74) is 0. The van der Waals surface area contributed by atoms with Gasteiger partial charge in [-0.3, -0.25) is 4.79 Å². The lowest BCUT2D eigenvalue weighted by molar-refractivity contribution is 0.101. The second kappa shape index (κ2) is 3.55. The third-order valence-electron chi connectivity index (χ3n) is 2.19. The Bertz CT molecular complexity index is 528. The third-order valence-corrected chi connectivity index (χ3v) is 3.43. The number of thiophene rings is 1. The summed E-state index contributed by atoms with van der Waals surface area (Å²) in [6.45, 7) is 1.45. The first-order chi connectivity index (χ1) is 7.13. The third kappa shape index (κ3) is 1.57. The number of ketones is 1. The summed E-state index contributed by atoms with van der Waals surface area (Å²) in [5, 5.41) is 10.5. The number of fused-ring (bicyclic) bond motifs is 1. The predicted octanol–water partition coefficient (Wildman–Crippen LogP) is 2.82. The molecule has 15 heavy (non-hydrogen) atoms. The number of ether oxygens (including phenoxy) is 1. The van der Waals surface area contributed by atoms with Gasteiger partial charge in [-0.2, -0.15) is 0 Å². The average Bonchev–Trinajstić information content (AvgIpc) is 2.55. The highest BCUT2D eigenvalue weighted by Crippen LogP contribution is 2.38. The van der Waals surface area contributed by atoms with Gasteiger partial charge in [-0.25, -0.2) is 0 Å². The van der Waals surface area contributed by atoms with Crippen molar-refractivity contribution in [3.05, 3.63) is 23.1 Å². The van der Waals surface area contributed by atoms with Crippen LogP contribution in [0.4, 0.5) is 0 Å². The summed E-state index contributed by atoms with van der Waals surface area (Å²) >= 11 is 1.28. The zero-order valence-electron chi connectivity index (χ0n) is 8.40. The van der Waals surface area contributed by atoms with Crippen LogP contribution >= 0.6 is 11.3 Å². The first-order valence-electron chi connectivity index (χ1n) is 4.44. The Morgan fingerprint density at radius 1 is 1.47 bits per heavy atom. The molecule has 78 valence electrons. The molecule has 0 spiro atoms. The standard InChI is InChI=1S/C11H10O3S/c1-6(12)11-10(13)8-4-3-7(14-2)5-9(8)15-11/h3-5,13H,1-2H3. The molecule has 4 heteroatoms. The molecule has 0 aliphatic heterocycles. The molecule has 1 aromatic heterocycles. The number of hydrogen-bond donors (Lipinski definition) is 1. The normalized spacial score (nSPS) is 10.5. The fourth-order valence-corrected chi connectivity index (χ4v) is 2.45. The minimum atomic E-state index is -0.118. The Kier molecular flexibility index (Phi) is 2.36. The quantitative estimate of drug-likeness (QED) is 0.795. The fraction of sp³-hybridized carbons (Fsp3) is 0.182. The molecule has 0 unspecified atom stereocenters. The van der Waals surface area contributed by atoms with Crippen molar-refractivity contribution in [3.63, 3.8) is 0 Å². The zero-order valence-corrected chi connectivity index (χ0v) is 9.22. The van der Waals surface area contributed by atoms with E-state index in [9.17, 15) is 9.90 Å². The van der Waals surface area contributed by atoms with Gasteiger partial charge in [0.25, 0.3) is 0 Å². The highest BCUT2D eigenvalue weighted by Gasteiger charge is 2.14. The van der Waals surface area contributed by atoms with E-state index in [4.69, 9.17) is 4.74 Å². The molecule has 0 bridgehead atoms. The summed E-state index contributed by atoms with van der Waals surface area (Å²) in [6, 6.07) is 5.33. The maximum Gasteiger partial charge on any atom is 0.173 e. The van der Waals surface area contributed by atoms with Crippen LogP contribution in [0.2, 0.25) is 0 Å². The first-order valence-corrected chi connectivity index (χ1v) is 5.25. The van der Waals surface area contributed by atoms with Crippen molar-refractivity contribution in [2.45, 2.75) is 6.92 Å². The van der Waals surface area contributed by atoms with E-state index in [1.54, 1.807) is 19.2 Å². The van der Waals surface area contributed by atoms with Gasteiger partial charge in [0.05, 0.1) is 7.11 Å². The number of benzene rings is 1. The summed E-state index contributed by atoms with van der Waals surface area (Å²) in [5.74, 6) is 0.677. The van der Waals surface area contributed by atoms with E-state index in [0.29, 0.717) is 10.3 Å². The monoisotopic (exact) mass is 222 g/mol. The maximum atomic E-state index is 11.2. The van der Waals surface area contributed by atoms with Crippen molar-refractivity contribution < 1.29 is 14.6 Å². The molecule has 1 aromatic carbocycles. The molecule has 0 saturated carbocycles. The SMILES string of the molecule is COc1ccc2c(O)c(C(C)=O)sc2c1. The second-order valence-electron chi connectivity index (χ2n) is 3.20. The van der Waals surface area contributed by atoms with Gasteiger partial charge in [-0.15, -0.1) is 11.3 Å². The molecule has 1 heterocycles. The molecule has 0 saturated heterocycles. The molecule has 2 rings (SSSR count). The van der Waals surface area contributed by atoms with E-state index in [0.717, 1.165) is 10.4 Å². The van der Waals surface area contributed by atoms with Crippen LogP contribution in [0, 0.1) is 0 Å². The summed E-state index contributed by atoms with van der Waals surface area (Å²) < 4.78 is 5.93. The number of aromatic hydroxyl groups is 1. The molecule has 0 amide bonds. The highest BCUT2D eigenvalue weighted by molar-refractivity contribution is 7.21. The van der Waals surface area contributed by atoms with Gasteiger partial charge in [-0.05, 0) is 18.2 Å². The molecule has 0 atom stereocenters. The largest absolute Gasteiger partial charge is 0.506 e. The van der Waals surface area contributed by atoms with Crippen LogP contribution < -0.4 is 4.74 Å². The predicted molar refractivity (Wildman–Crippen MR) is 60.0 cm³/mol. The van der Waals surface area contributed by atoms with Crippen LogP contribution in [0.1, 0.15) is 16.6 Å². The van der Waals surface area contributed by atoms with E-state index in [-0.39, 0.29) is 11.5 Å². The average molecular weight is 222 g/mol. The van der Waals surface area contributed by atoms with Crippen LogP contribution in [0.25, 0.3) is 10.1 Å². The van der Waals surface area contributed by atoms with E-state index >= 15 is 0 Å². The summed E-state index contributed by atoms with van der Waals surface area (Å²) in [4.78, 5) is 11.6.